The Bertz CT molecular complexity index is 675. The first-order valence-electron chi connectivity index (χ1n) is 9.19. The topological polar surface area (TPSA) is 52.7 Å². The second kappa shape index (κ2) is 7.60. The van der Waals surface area contributed by atoms with Crippen LogP contribution in [0, 0.1) is 0 Å². The van der Waals surface area contributed by atoms with Gasteiger partial charge in [0, 0.05) is 44.6 Å². The summed E-state index contributed by atoms with van der Waals surface area (Å²) >= 11 is 0. The normalized spacial score (nSPS) is 21.7. The SMILES string of the molecule is CC(F)(F)c1ccccc1NC(=O)N1CCCC(N2CCCC2=O)CC1. The Morgan fingerprint density at radius 1 is 1.15 bits per heavy atom. The minimum absolute atomic E-state index is 0.139. The first-order chi connectivity index (χ1) is 12.4. The summed E-state index contributed by atoms with van der Waals surface area (Å²) < 4.78 is 27.5. The molecular formula is C19H25F2N3O2. The quantitative estimate of drug-likeness (QED) is 0.886. The van der Waals surface area contributed by atoms with Crippen LogP contribution in [0.3, 0.4) is 0 Å². The minimum atomic E-state index is -3.02. The maximum absolute atomic E-state index is 13.7. The molecule has 142 valence electrons. The van der Waals surface area contributed by atoms with Crippen LogP contribution in [0.15, 0.2) is 24.3 Å². The largest absolute Gasteiger partial charge is 0.340 e. The van der Waals surface area contributed by atoms with Gasteiger partial charge in [0.05, 0.1) is 5.69 Å². The summed E-state index contributed by atoms with van der Waals surface area (Å²) in [4.78, 5) is 28.1. The van der Waals surface area contributed by atoms with Crippen LogP contribution < -0.4 is 5.32 Å². The van der Waals surface area contributed by atoms with Crippen molar-refractivity contribution in [1.82, 2.24) is 9.80 Å². The van der Waals surface area contributed by atoms with Gasteiger partial charge >= 0.3 is 6.03 Å². The summed E-state index contributed by atoms with van der Waals surface area (Å²) in [5.74, 6) is -2.82. The molecule has 0 aliphatic carbocycles. The average Bonchev–Trinajstić information content (AvgIpc) is 2.87. The second-order valence-electron chi connectivity index (χ2n) is 7.13. The van der Waals surface area contributed by atoms with Crippen LogP contribution in [0.1, 0.15) is 44.6 Å². The van der Waals surface area contributed by atoms with Crippen molar-refractivity contribution >= 4 is 17.6 Å². The summed E-state index contributed by atoms with van der Waals surface area (Å²) in [6.45, 7) is 2.70. The Labute approximate surface area is 152 Å². The lowest BCUT2D eigenvalue weighted by Crippen LogP contribution is -2.39. The van der Waals surface area contributed by atoms with Crippen molar-refractivity contribution in [2.75, 3.05) is 25.0 Å². The van der Waals surface area contributed by atoms with Crippen molar-refractivity contribution < 1.29 is 18.4 Å². The van der Waals surface area contributed by atoms with Gasteiger partial charge in [0.15, 0.2) is 0 Å². The molecule has 2 saturated heterocycles. The van der Waals surface area contributed by atoms with E-state index in [-0.39, 0.29) is 29.2 Å². The highest BCUT2D eigenvalue weighted by atomic mass is 19.3. The highest BCUT2D eigenvalue weighted by Gasteiger charge is 2.31. The summed E-state index contributed by atoms with van der Waals surface area (Å²) in [5, 5.41) is 2.63. The highest BCUT2D eigenvalue weighted by molar-refractivity contribution is 5.90. The van der Waals surface area contributed by atoms with Gasteiger partial charge in [-0.25, -0.2) is 13.6 Å². The van der Waals surface area contributed by atoms with Gasteiger partial charge in [0.2, 0.25) is 5.91 Å². The van der Waals surface area contributed by atoms with Gasteiger partial charge in [0.1, 0.15) is 0 Å². The van der Waals surface area contributed by atoms with Crippen LogP contribution in [0.25, 0.3) is 0 Å². The number of urea groups is 1. The van der Waals surface area contributed by atoms with E-state index in [1.54, 1.807) is 11.0 Å². The van der Waals surface area contributed by atoms with Crippen LogP contribution >= 0.6 is 0 Å². The summed E-state index contributed by atoms with van der Waals surface area (Å²) in [5.41, 5.74) is -0.0516. The molecular weight excluding hydrogens is 340 g/mol. The molecule has 0 bridgehead atoms. The zero-order valence-corrected chi connectivity index (χ0v) is 15.0. The average molecular weight is 365 g/mol. The van der Waals surface area contributed by atoms with E-state index in [0.717, 1.165) is 39.2 Å². The van der Waals surface area contributed by atoms with Crippen molar-refractivity contribution in [3.63, 3.8) is 0 Å². The van der Waals surface area contributed by atoms with Crippen molar-refractivity contribution in [2.24, 2.45) is 0 Å². The molecule has 7 heteroatoms. The third-order valence-electron chi connectivity index (χ3n) is 5.18. The Hall–Kier alpha value is -2.18. The molecule has 1 unspecified atom stereocenters. The molecule has 2 heterocycles. The molecule has 0 spiro atoms. The van der Waals surface area contributed by atoms with Crippen molar-refractivity contribution in [1.29, 1.82) is 0 Å². The molecule has 2 aliphatic heterocycles. The highest BCUT2D eigenvalue weighted by Crippen LogP contribution is 2.33. The third-order valence-corrected chi connectivity index (χ3v) is 5.18. The Balaban J connectivity index is 1.63. The number of rotatable bonds is 3. The minimum Gasteiger partial charge on any atom is -0.340 e. The molecule has 1 aromatic rings. The van der Waals surface area contributed by atoms with Gasteiger partial charge < -0.3 is 15.1 Å². The molecule has 26 heavy (non-hydrogen) atoms. The number of para-hydroxylation sites is 1. The van der Waals surface area contributed by atoms with Gasteiger partial charge in [-0.2, -0.15) is 0 Å². The molecule has 1 N–H and O–H groups in total. The summed E-state index contributed by atoms with van der Waals surface area (Å²) in [6, 6.07) is 5.79. The van der Waals surface area contributed by atoms with Gasteiger partial charge in [0.25, 0.3) is 5.92 Å². The van der Waals surface area contributed by atoms with E-state index in [9.17, 15) is 18.4 Å². The molecule has 1 aromatic carbocycles. The Kier molecular flexibility index (Phi) is 5.44. The van der Waals surface area contributed by atoms with E-state index in [4.69, 9.17) is 0 Å². The summed E-state index contributed by atoms with van der Waals surface area (Å²) in [7, 11) is 0. The fraction of sp³-hybridized carbons (Fsp3) is 0.579. The number of carbonyl (C=O) groups excluding carboxylic acids is 2. The van der Waals surface area contributed by atoms with Crippen molar-refractivity contribution in [3.05, 3.63) is 29.8 Å². The maximum atomic E-state index is 13.7. The lowest BCUT2D eigenvalue weighted by molar-refractivity contribution is -0.129. The first kappa shape index (κ1) is 18.6. The van der Waals surface area contributed by atoms with Crippen LogP contribution in [-0.2, 0) is 10.7 Å². The van der Waals surface area contributed by atoms with Crippen LogP contribution in [-0.4, -0.2) is 47.4 Å². The fourth-order valence-electron chi connectivity index (χ4n) is 3.82. The maximum Gasteiger partial charge on any atom is 0.321 e. The Morgan fingerprint density at radius 3 is 2.62 bits per heavy atom. The third kappa shape index (κ3) is 4.14. The van der Waals surface area contributed by atoms with Crippen molar-refractivity contribution in [2.45, 2.75) is 51.0 Å². The molecule has 3 amide bonds. The monoisotopic (exact) mass is 365 g/mol. The lowest BCUT2D eigenvalue weighted by atomic mass is 10.1. The number of hydrogen-bond donors (Lipinski definition) is 1. The standard InChI is InChI=1S/C19H25F2N3O2/c1-19(20,21)15-7-2-3-8-16(15)22-18(26)23-11-4-6-14(10-13-23)24-12-5-9-17(24)25/h2-3,7-8,14H,4-6,9-13H2,1H3,(H,22,26). The number of likely N-dealkylation sites (tertiary alicyclic amines) is 2. The number of benzene rings is 1. The van der Waals surface area contributed by atoms with Gasteiger partial charge in [-0.3, -0.25) is 4.79 Å². The van der Waals surface area contributed by atoms with E-state index < -0.39 is 5.92 Å². The number of amides is 3. The number of nitrogens with one attached hydrogen (secondary N) is 1. The van der Waals surface area contributed by atoms with E-state index in [1.807, 2.05) is 4.90 Å². The lowest BCUT2D eigenvalue weighted by Gasteiger charge is -2.27. The fourth-order valence-corrected chi connectivity index (χ4v) is 3.82. The number of hydrogen-bond acceptors (Lipinski definition) is 2. The van der Waals surface area contributed by atoms with Crippen LogP contribution in [0.4, 0.5) is 19.3 Å². The molecule has 1 atom stereocenters. The zero-order chi connectivity index (χ0) is 18.7. The number of carbonyl (C=O) groups is 2. The van der Waals surface area contributed by atoms with E-state index in [2.05, 4.69) is 5.32 Å². The molecule has 0 radical (unpaired) electrons. The number of nitrogens with zero attached hydrogens (tertiary/aromatic N) is 2. The zero-order valence-electron chi connectivity index (χ0n) is 15.0. The molecule has 0 aromatic heterocycles. The van der Waals surface area contributed by atoms with E-state index >= 15 is 0 Å². The van der Waals surface area contributed by atoms with Gasteiger partial charge in [-0.1, -0.05) is 18.2 Å². The molecule has 2 fully saturated rings. The first-order valence-corrected chi connectivity index (χ1v) is 9.19. The van der Waals surface area contributed by atoms with Gasteiger partial charge in [-0.15, -0.1) is 0 Å². The molecule has 2 aliphatic rings. The van der Waals surface area contributed by atoms with E-state index in [0.29, 0.717) is 19.5 Å². The molecule has 0 saturated carbocycles. The second-order valence-corrected chi connectivity index (χ2v) is 7.13. The Morgan fingerprint density at radius 2 is 1.92 bits per heavy atom. The van der Waals surface area contributed by atoms with Gasteiger partial charge in [-0.05, 0) is 31.7 Å². The molecule has 3 rings (SSSR count). The number of anilines is 1. The van der Waals surface area contributed by atoms with Crippen molar-refractivity contribution in [3.8, 4) is 0 Å². The number of halogens is 2. The predicted molar refractivity (Wildman–Crippen MR) is 95.2 cm³/mol. The smallest absolute Gasteiger partial charge is 0.321 e. The number of alkyl halides is 2. The predicted octanol–water partition coefficient (Wildman–Crippen LogP) is 3.81. The van der Waals surface area contributed by atoms with E-state index in [1.165, 1.54) is 18.2 Å². The molecule has 5 nitrogen and oxygen atoms in total. The van der Waals surface area contributed by atoms with Crippen LogP contribution in [0.2, 0.25) is 0 Å². The van der Waals surface area contributed by atoms with Crippen LogP contribution in [0.5, 0.6) is 0 Å². The summed E-state index contributed by atoms with van der Waals surface area (Å²) in [6.07, 6.45) is 3.92.